The van der Waals surface area contributed by atoms with Crippen LogP contribution in [-0.4, -0.2) is 5.11 Å². The van der Waals surface area contributed by atoms with E-state index in [1.807, 2.05) is 56.3 Å². The third-order valence-corrected chi connectivity index (χ3v) is 3.41. The monoisotopic (exact) mass is 246 g/mol. The van der Waals surface area contributed by atoms with Crippen LogP contribution in [-0.2, 0) is 0 Å². The minimum absolute atomic E-state index is 0.616. The lowest BCUT2D eigenvalue weighted by Gasteiger charge is -2.15. The largest absolute Gasteiger partial charge is 0.384 e. The fourth-order valence-corrected chi connectivity index (χ4v) is 2.03. The van der Waals surface area contributed by atoms with Crippen molar-refractivity contribution < 1.29 is 5.11 Å². The molecule has 1 nitrogen and oxygen atoms in total. The predicted molar refractivity (Wildman–Crippen MR) is 71.4 cm³/mol. The molecular formula is C15H15ClO. The molecule has 0 fully saturated rings. The molecule has 0 aliphatic carbocycles. The second-order valence-electron chi connectivity index (χ2n) is 4.27. The maximum atomic E-state index is 10.3. The van der Waals surface area contributed by atoms with E-state index in [0.29, 0.717) is 5.02 Å². The number of aliphatic hydroxyl groups excluding tert-OH is 1. The summed E-state index contributed by atoms with van der Waals surface area (Å²) in [6, 6.07) is 13.5. The van der Waals surface area contributed by atoms with Crippen LogP contribution < -0.4 is 0 Å². The second kappa shape index (κ2) is 4.91. The van der Waals surface area contributed by atoms with Crippen LogP contribution in [0, 0.1) is 13.8 Å². The number of aryl methyl sites for hydroxylation is 1. The standard InChI is InChI=1S/C15H15ClO/c1-10-6-8-12(9-7-10)15(17)13-4-3-5-14(16)11(13)2/h3-9,15,17H,1-2H3. The van der Waals surface area contributed by atoms with E-state index in [9.17, 15) is 5.11 Å². The first-order valence-corrected chi connectivity index (χ1v) is 5.97. The third kappa shape index (κ3) is 2.51. The zero-order valence-corrected chi connectivity index (χ0v) is 10.7. The lowest BCUT2D eigenvalue weighted by Crippen LogP contribution is -2.02. The van der Waals surface area contributed by atoms with Crippen LogP contribution in [0.2, 0.25) is 5.02 Å². The molecule has 0 amide bonds. The van der Waals surface area contributed by atoms with E-state index in [2.05, 4.69) is 0 Å². The Balaban J connectivity index is 2.40. The first-order valence-electron chi connectivity index (χ1n) is 5.59. The van der Waals surface area contributed by atoms with Gasteiger partial charge in [-0.2, -0.15) is 0 Å². The number of hydrogen-bond donors (Lipinski definition) is 1. The summed E-state index contributed by atoms with van der Waals surface area (Å²) in [5.74, 6) is 0. The van der Waals surface area contributed by atoms with E-state index in [1.54, 1.807) is 0 Å². The Bertz CT molecular complexity index is 517. The van der Waals surface area contributed by atoms with Crippen molar-refractivity contribution in [2.24, 2.45) is 0 Å². The van der Waals surface area contributed by atoms with E-state index in [4.69, 9.17) is 11.6 Å². The highest BCUT2D eigenvalue weighted by Crippen LogP contribution is 2.28. The summed E-state index contributed by atoms with van der Waals surface area (Å²) in [7, 11) is 0. The molecule has 0 heterocycles. The van der Waals surface area contributed by atoms with Crippen LogP contribution in [0.25, 0.3) is 0 Å². The van der Waals surface area contributed by atoms with E-state index in [-0.39, 0.29) is 0 Å². The zero-order valence-electron chi connectivity index (χ0n) is 9.94. The minimum Gasteiger partial charge on any atom is -0.384 e. The summed E-state index contributed by atoms with van der Waals surface area (Å²) in [4.78, 5) is 0. The van der Waals surface area contributed by atoms with Gasteiger partial charge in [-0.1, -0.05) is 53.6 Å². The van der Waals surface area contributed by atoms with Crippen molar-refractivity contribution in [3.8, 4) is 0 Å². The molecule has 0 saturated heterocycles. The minimum atomic E-state index is -0.616. The Kier molecular flexibility index (Phi) is 3.51. The molecular weight excluding hydrogens is 232 g/mol. The van der Waals surface area contributed by atoms with E-state index >= 15 is 0 Å². The normalized spacial score (nSPS) is 12.5. The molecule has 88 valence electrons. The van der Waals surface area contributed by atoms with E-state index in [1.165, 1.54) is 5.56 Å². The van der Waals surface area contributed by atoms with Gasteiger partial charge in [0.15, 0.2) is 0 Å². The first-order chi connectivity index (χ1) is 8.09. The molecule has 2 rings (SSSR count). The molecule has 0 saturated carbocycles. The van der Waals surface area contributed by atoms with Gasteiger partial charge >= 0.3 is 0 Å². The summed E-state index contributed by atoms with van der Waals surface area (Å²) in [5.41, 5.74) is 3.87. The van der Waals surface area contributed by atoms with Gasteiger partial charge in [-0.05, 0) is 36.6 Å². The van der Waals surface area contributed by atoms with Gasteiger partial charge in [-0.15, -0.1) is 0 Å². The fraction of sp³-hybridized carbons (Fsp3) is 0.200. The summed E-state index contributed by atoms with van der Waals surface area (Å²) < 4.78 is 0. The average Bonchev–Trinajstić information content (AvgIpc) is 2.33. The van der Waals surface area contributed by atoms with Gasteiger partial charge in [0.2, 0.25) is 0 Å². The molecule has 2 aromatic carbocycles. The lowest BCUT2D eigenvalue weighted by atomic mass is 9.97. The maximum Gasteiger partial charge on any atom is 0.104 e. The van der Waals surface area contributed by atoms with Gasteiger partial charge in [-0.3, -0.25) is 0 Å². The van der Waals surface area contributed by atoms with E-state index in [0.717, 1.165) is 16.7 Å². The highest BCUT2D eigenvalue weighted by molar-refractivity contribution is 6.31. The van der Waals surface area contributed by atoms with Crippen molar-refractivity contribution in [3.05, 3.63) is 69.7 Å². The Hall–Kier alpha value is -1.31. The molecule has 0 bridgehead atoms. The van der Waals surface area contributed by atoms with E-state index < -0.39 is 6.10 Å². The van der Waals surface area contributed by atoms with Crippen molar-refractivity contribution in [2.45, 2.75) is 20.0 Å². The van der Waals surface area contributed by atoms with Gasteiger partial charge in [0.25, 0.3) is 0 Å². The first kappa shape index (κ1) is 12.2. The molecule has 2 heteroatoms. The van der Waals surface area contributed by atoms with Crippen molar-refractivity contribution >= 4 is 11.6 Å². The van der Waals surface area contributed by atoms with Crippen LogP contribution in [0.15, 0.2) is 42.5 Å². The van der Waals surface area contributed by atoms with Gasteiger partial charge in [0, 0.05) is 5.02 Å². The molecule has 0 radical (unpaired) electrons. The molecule has 1 unspecified atom stereocenters. The Morgan fingerprint density at radius 2 is 1.65 bits per heavy atom. The van der Waals surface area contributed by atoms with Gasteiger partial charge in [0.05, 0.1) is 0 Å². The highest BCUT2D eigenvalue weighted by Gasteiger charge is 2.13. The molecule has 0 aliphatic heterocycles. The highest BCUT2D eigenvalue weighted by atomic mass is 35.5. The van der Waals surface area contributed by atoms with Crippen LogP contribution >= 0.6 is 11.6 Å². The predicted octanol–water partition coefficient (Wildman–Crippen LogP) is 4.04. The van der Waals surface area contributed by atoms with Crippen LogP contribution in [0.3, 0.4) is 0 Å². The van der Waals surface area contributed by atoms with Crippen molar-refractivity contribution in [1.29, 1.82) is 0 Å². The molecule has 17 heavy (non-hydrogen) atoms. The summed E-state index contributed by atoms with van der Waals surface area (Å²) in [5, 5.41) is 11.0. The molecule has 2 aromatic rings. The average molecular weight is 247 g/mol. The lowest BCUT2D eigenvalue weighted by molar-refractivity contribution is 0.219. The van der Waals surface area contributed by atoms with Crippen LogP contribution in [0.5, 0.6) is 0 Å². The summed E-state index contributed by atoms with van der Waals surface area (Å²) in [6.45, 7) is 3.95. The van der Waals surface area contributed by atoms with Gasteiger partial charge in [0.1, 0.15) is 6.10 Å². The van der Waals surface area contributed by atoms with Gasteiger partial charge in [-0.25, -0.2) is 0 Å². The number of rotatable bonds is 2. The second-order valence-corrected chi connectivity index (χ2v) is 4.67. The number of halogens is 1. The molecule has 0 spiro atoms. The van der Waals surface area contributed by atoms with Crippen molar-refractivity contribution in [3.63, 3.8) is 0 Å². The Morgan fingerprint density at radius 3 is 2.29 bits per heavy atom. The van der Waals surface area contributed by atoms with Crippen LogP contribution in [0.4, 0.5) is 0 Å². The molecule has 0 aromatic heterocycles. The fourth-order valence-electron chi connectivity index (χ4n) is 1.85. The Morgan fingerprint density at radius 1 is 1.00 bits per heavy atom. The van der Waals surface area contributed by atoms with Crippen molar-refractivity contribution in [2.75, 3.05) is 0 Å². The molecule has 1 atom stereocenters. The molecule has 0 aliphatic rings. The molecule has 1 N–H and O–H groups in total. The SMILES string of the molecule is Cc1ccc(C(O)c2cccc(Cl)c2C)cc1. The smallest absolute Gasteiger partial charge is 0.104 e. The summed E-state index contributed by atoms with van der Waals surface area (Å²) >= 11 is 6.06. The van der Waals surface area contributed by atoms with Crippen LogP contribution in [0.1, 0.15) is 28.4 Å². The number of aliphatic hydroxyl groups is 1. The topological polar surface area (TPSA) is 20.2 Å². The van der Waals surface area contributed by atoms with Crippen molar-refractivity contribution in [1.82, 2.24) is 0 Å². The number of benzene rings is 2. The zero-order chi connectivity index (χ0) is 12.4. The summed E-state index contributed by atoms with van der Waals surface area (Å²) in [6.07, 6.45) is -0.616. The van der Waals surface area contributed by atoms with Gasteiger partial charge < -0.3 is 5.11 Å². The quantitative estimate of drug-likeness (QED) is 0.848. The Labute approximate surface area is 107 Å². The third-order valence-electron chi connectivity index (χ3n) is 3.00. The number of hydrogen-bond acceptors (Lipinski definition) is 1. The maximum absolute atomic E-state index is 10.3.